The standard InChI is InChI=1S/C12H11NO5/c1-2-6(14)5-7-9(11(16)10(7)15)13-8-3-4-18-12(8)17/h2,8,13H,1,3-5H2. The summed E-state index contributed by atoms with van der Waals surface area (Å²) < 4.78 is 4.73. The number of hydrogen-bond acceptors (Lipinski definition) is 6. The second-order valence-electron chi connectivity index (χ2n) is 4.01. The van der Waals surface area contributed by atoms with E-state index in [0.29, 0.717) is 6.42 Å². The maximum Gasteiger partial charge on any atom is 0.328 e. The van der Waals surface area contributed by atoms with Crippen LogP contribution >= 0.6 is 0 Å². The summed E-state index contributed by atoms with van der Waals surface area (Å²) in [6, 6.07) is -0.620. The molecule has 0 saturated carbocycles. The number of carbonyl (C=O) groups is 2. The summed E-state index contributed by atoms with van der Waals surface area (Å²) in [7, 11) is 0. The fourth-order valence-electron chi connectivity index (χ4n) is 1.81. The molecule has 0 aromatic heterocycles. The van der Waals surface area contributed by atoms with Crippen molar-refractivity contribution in [3.63, 3.8) is 0 Å². The highest BCUT2D eigenvalue weighted by atomic mass is 16.5. The molecule has 0 radical (unpaired) electrons. The summed E-state index contributed by atoms with van der Waals surface area (Å²) in [5.41, 5.74) is -1.20. The molecule has 0 spiro atoms. The fourth-order valence-corrected chi connectivity index (χ4v) is 1.81. The van der Waals surface area contributed by atoms with Gasteiger partial charge in [0, 0.05) is 18.4 Å². The van der Waals surface area contributed by atoms with Crippen LogP contribution in [0.15, 0.2) is 22.2 Å². The highest BCUT2D eigenvalue weighted by Gasteiger charge is 2.31. The van der Waals surface area contributed by atoms with Gasteiger partial charge in [-0.05, 0) is 6.08 Å². The van der Waals surface area contributed by atoms with E-state index in [1.54, 1.807) is 0 Å². The van der Waals surface area contributed by atoms with E-state index in [1.165, 1.54) is 0 Å². The lowest BCUT2D eigenvalue weighted by molar-refractivity contribution is -0.138. The van der Waals surface area contributed by atoms with E-state index in [2.05, 4.69) is 11.9 Å². The lowest BCUT2D eigenvalue weighted by Gasteiger charge is -2.14. The molecule has 1 fully saturated rings. The van der Waals surface area contributed by atoms with Crippen LogP contribution in [0.4, 0.5) is 5.69 Å². The summed E-state index contributed by atoms with van der Waals surface area (Å²) in [6.07, 6.45) is 1.36. The van der Waals surface area contributed by atoms with Gasteiger partial charge in [0.1, 0.15) is 6.04 Å². The monoisotopic (exact) mass is 249 g/mol. The third-order valence-corrected chi connectivity index (χ3v) is 2.84. The summed E-state index contributed by atoms with van der Waals surface area (Å²) in [6.45, 7) is 3.58. The summed E-state index contributed by atoms with van der Waals surface area (Å²) in [5, 5.41) is 2.67. The van der Waals surface area contributed by atoms with Gasteiger partial charge in [0.25, 0.3) is 0 Å². The molecule has 0 aliphatic carbocycles. The van der Waals surface area contributed by atoms with E-state index in [4.69, 9.17) is 4.74 Å². The van der Waals surface area contributed by atoms with Gasteiger partial charge in [0.05, 0.1) is 12.3 Å². The molecule has 6 nitrogen and oxygen atoms in total. The number of hydrogen-bond donors (Lipinski definition) is 1. The van der Waals surface area contributed by atoms with Gasteiger partial charge in [-0.3, -0.25) is 14.4 Å². The van der Waals surface area contributed by atoms with Crippen LogP contribution in [0.5, 0.6) is 0 Å². The minimum atomic E-state index is -0.693. The smallest absolute Gasteiger partial charge is 0.328 e. The number of rotatable bonds is 5. The van der Waals surface area contributed by atoms with Crippen molar-refractivity contribution in [2.75, 3.05) is 11.9 Å². The Morgan fingerprint density at radius 2 is 2.11 bits per heavy atom. The minimum absolute atomic E-state index is 0.0547. The molecule has 1 saturated heterocycles. The molecule has 1 aromatic rings. The van der Waals surface area contributed by atoms with E-state index in [1.807, 2.05) is 0 Å². The molecule has 1 aromatic carbocycles. The molecule has 1 N–H and O–H groups in total. The Bertz CT molecular complexity index is 594. The Labute approximate surface area is 102 Å². The van der Waals surface area contributed by atoms with Gasteiger partial charge in [0.15, 0.2) is 5.78 Å². The lowest BCUT2D eigenvalue weighted by atomic mass is 10.0. The molecular weight excluding hydrogens is 238 g/mol. The Kier molecular flexibility index (Phi) is 3.10. The van der Waals surface area contributed by atoms with Gasteiger partial charge in [-0.2, -0.15) is 0 Å². The number of esters is 1. The number of nitrogens with one attached hydrogen (secondary N) is 1. The lowest BCUT2D eigenvalue weighted by Crippen LogP contribution is -2.42. The van der Waals surface area contributed by atoms with Crippen LogP contribution in [0.2, 0.25) is 0 Å². The van der Waals surface area contributed by atoms with Crippen LogP contribution in [0.1, 0.15) is 12.0 Å². The molecule has 1 atom stereocenters. The van der Waals surface area contributed by atoms with E-state index in [9.17, 15) is 19.2 Å². The van der Waals surface area contributed by atoms with Crippen LogP contribution < -0.4 is 16.2 Å². The maximum atomic E-state index is 11.4. The van der Waals surface area contributed by atoms with Crippen molar-refractivity contribution in [3.8, 4) is 0 Å². The first-order valence-electron chi connectivity index (χ1n) is 5.45. The van der Waals surface area contributed by atoms with Gasteiger partial charge >= 0.3 is 5.97 Å². The molecule has 1 heterocycles. The van der Waals surface area contributed by atoms with Crippen LogP contribution in [0.3, 0.4) is 0 Å². The highest BCUT2D eigenvalue weighted by Crippen LogP contribution is 2.15. The molecule has 94 valence electrons. The zero-order chi connectivity index (χ0) is 13.3. The van der Waals surface area contributed by atoms with Crippen molar-refractivity contribution >= 4 is 17.4 Å². The Morgan fingerprint density at radius 3 is 2.67 bits per heavy atom. The number of allylic oxidation sites excluding steroid dienone is 1. The van der Waals surface area contributed by atoms with E-state index in [-0.39, 0.29) is 30.1 Å². The van der Waals surface area contributed by atoms with Gasteiger partial charge in [-0.25, -0.2) is 4.79 Å². The fraction of sp³-hybridized carbons (Fsp3) is 0.333. The number of anilines is 1. The van der Waals surface area contributed by atoms with Crippen LogP contribution in [0, 0.1) is 0 Å². The van der Waals surface area contributed by atoms with Crippen molar-refractivity contribution in [2.45, 2.75) is 18.9 Å². The molecule has 2 rings (SSSR count). The number of cyclic esters (lactones) is 1. The Hall–Kier alpha value is -2.24. The van der Waals surface area contributed by atoms with Gasteiger partial charge < -0.3 is 10.1 Å². The normalized spacial score (nSPS) is 18.7. The van der Waals surface area contributed by atoms with Crippen LogP contribution in [0.25, 0.3) is 0 Å². The van der Waals surface area contributed by atoms with Crippen molar-refractivity contribution in [2.24, 2.45) is 0 Å². The van der Waals surface area contributed by atoms with Gasteiger partial charge in [-0.1, -0.05) is 6.58 Å². The van der Waals surface area contributed by atoms with E-state index < -0.39 is 22.9 Å². The van der Waals surface area contributed by atoms with Crippen molar-refractivity contribution in [3.05, 3.63) is 38.7 Å². The second-order valence-corrected chi connectivity index (χ2v) is 4.01. The predicted octanol–water partition coefficient (Wildman–Crippen LogP) is -0.692. The number of carbonyl (C=O) groups excluding carboxylic acids is 2. The molecule has 1 unspecified atom stereocenters. The molecular formula is C12H11NO5. The van der Waals surface area contributed by atoms with Gasteiger partial charge in [0.2, 0.25) is 10.9 Å². The average Bonchev–Trinajstić information content (AvgIpc) is 2.78. The van der Waals surface area contributed by atoms with E-state index >= 15 is 0 Å². The Balaban J connectivity index is 2.18. The summed E-state index contributed by atoms with van der Waals surface area (Å²) in [4.78, 5) is 45.1. The zero-order valence-electron chi connectivity index (χ0n) is 9.52. The highest BCUT2D eigenvalue weighted by molar-refractivity contribution is 5.92. The van der Waals surface area contributed by atoms with Crippen molar-refractivity contribution < 1.29 is 14.3 Å². The molecule has 6 heteroatoms. The third-order valence-electron chi connectivity index (χ3n) is 2.84. The number of ether oxygens (including phenoxy) is 1. The summed E-state index contributed by atoms with van der Waals surface area (Å²) in [5.74, 6) is -0.803. The third kappa shape index (κ3) is 1.97. The van der Waals surface area contributed by atoms with Gasteiger partial charge in [-0.15, -0.1) is 0 Å². The second kappa shape index (κ2) is 4.56. The average molecular weight is 249 g/mol. The van der Waals surface area contributed by atoms with E-state index in [0.717, 1.165) is 6.08 Å². The van der Waals surface area contributed by atoms with Crippen LogP contribution in [-0.4, -0.2) is 24.4 Å². The molecule has 1 aliphatic rings. The maximum absolute atomic E-state index is 11.4. The SMILES string of the molecule is C=CC(=O)Cc1c(NC2CCOC2=O)c(=O)c1=O. The first kappa shape index (κ1) is 12.2. The largest absolute Gasteiger partial charge is 0.464 e. The minimum Gasteiger partial charge on any atom is -0.464 e. The zero-order valence-corrected chi connectivity index (χ0v) is 9.52. The van der Waals surface area contributed by atoms with Crippen molar-refractivity contribution in [1.82, 2.24) is 0 Å². The first-order valence-corrected chi connectivity index (χ1v) is 5.45. The first-order chi connectivity index (χ1) is 8.54. The predicted molar refractivity (Wildman–Crippen MR) is 63.2 cm³/mol. The number of ketones is 1. The van der Waals surface area contributed by atoms with Crippen LogP contribution in [-0.2, 0) is 20.7 Å². The topological polar surface area (TPSA) is 89.5 Å². The molecule has 1 aliphatic heterocycles. The molecule has 18 heavy (non-hydrogen) atoms. The Morgan fingerprint density at radius 1 is 1.39 bits per heavy atom. The quantitative estimate of drug-likeness (QED) is 0.422. The summed E-state index contributed by atoms with van der Waals surface area (Å²) >= 11 is 0. The molecule has 0 bridgehead atoms. The molecule has 0 amide bonds. The van der Waals surface area contributed by atoms with Crippen molar-refractivity contribution in [1.29, 1.82) is 0 Å².